The molecule has 1 aromatic rings. The topological polar surface area (TPSA) is 70.7 Å². The van der Waals surface area contributed by atoms with E-state index in [0.29, 0.717) is 12.7 Å². The van der Waals surface area contributed by atoms with Gasteiger partial charge in [0.2, 0.25) is 11.8 Å². The van der Waals surface area contributed by atoms with E-state index in [1.807, 2.05) is 23.1 Å². The second-order valence-corrected chi connectivity index (χ2v) is 6.90. The van der Waals surface area contributed by atoms with Crippen molar-refractivity contribution in [2.45, 2.75) is 45.1 Å². The largest absolute Gasteiger partial charge is 0.497 e. The monoisotopic (exact) mass is 357 g/mol. The van der Waals surface area contributed by atoms with Crippen molar-refractivity contribution in [3.8, 4) is 5.75 Å². The van der Waals surface area contributed by atoms with E-state index in [1.165, 1.54) is 6.42 Å². The summed E-state index contributed by atoms with van der Waals surface area (Å²) in [5.74, 6) is 0.670. The maximum Gasteiger partial charge on any atom is 0.247 e. The Morgan fingerprint density at radius 1 is 1.38 bits per heavy atom. The Bertz CT molecular complexity index is 710. The van der Waals surface area contributed by atoms with Crippen LogP contribution in [0.25, 0.3) is 5.70 Å². The molecule has 1 aromatic carbocycles. The van der Waals surface area contributed by atoms with E-state index < -0.39 is 0 Å². The number of ether oxygens (including phenoxy) is 1. The molecule has 1 heterocycles. The first-order valence-electron chi connectivity index (χ1n) is 9.32. The quantitative estimate of drug-likeness (QED) is 0.784. The molecule has 1 aliphatic heterocycles. The van der Waals surface area contributed by atoms with E-state index in [9.17, 15) is 9.59 Å². The second-order valence-electron chi connectivity index (χ2n) is 6.90. The third-order valence-corrected chi connectivity index (χ3v) is 4.97. The molecule has 6 heteroatoms. The van der Waals surface area contributed by atoms with Crippen molar-refractivity contribution in [2.24, 2.45) is 0 Å². The van der Waals surface area contributed by atoms with Crippen LogP contribution in [0.4, 0.5) is 0 Å². The molecule has 0 bridgehead atoms. The maximum atomic E-state index is 12.4. The van der Waals surface area contributed by atoms with Crippen LogP contribution in [0, 0.1) is 0 Å². The number of nitrogens with one attached hydrogen (secondary N) is 2. The Morgan fingerprint density at radius 2 is 2.19 bits per heavy atom. The molecule has 1 aliphatic carbocycles. The fourth-order valence-corrected chi connectivity index (χ4v) is 3.34. The van der Waals surface area contributed by atoms with Gasteiger partial charge in [-0.25, -0.2) is 0 Å². The van der Waals surface area contributed by atoms with Crippen LogP contribution in [-0.4, -0.2) is 43.1 Å². The fraction of sp³-hybridized carbons (Fsp3) is 0.500. The molecular weight excluding hydrogens is 330 g/mol. The number of methoxy groups -OCH3 is 1. The first kappa shape index (κ1) is 18.3. The van der Waals surface area contributed by atoms with Gasteiger partial charge in [0, 0.05) is 17.7 Å². The molecule has 2 aliphatic rings. The van der Waals surface area contributed by atoms with Gasteiger partial charge in [0.15, 0.2) is 0 Å². The lowest BCUT2D eigenvalue weighted by atomic mass is 9.93. The summed E-state index contributed by atoms with van der Waals surface area (Å²) in [5.41, 5.74) is 2.90. The lowest BCUT2D eigenvalue weighted by molar-refractivity contribution is -0.124. The number of benzene rings is 1. The fourth-order valence-electron chi connectivity index (χ4n) is 3.34. The first-order chi connectivity index (χ1) is 12.6. The molecule has 0 unspecified atom stereocenters. The van der Waals surface area contributed by atoms with Crippen LogP contribution in [0.3, 0.4) is 0 Å². The summed E-state index contributed by atoms with van der Waals surface area (Å²) in [6.07, 6.45) is 6.76. The highest BCUT2D eigenvalue weighted by Gasteiger charge is 2.25. The summed E-state index contributed by atoms with van der Waals surface area (Å²) >= 11 is 0. The average molecular weight is 357 g/mol. The highest BCUT2D eigenvalue weighted by molar-refractivity contribution is 5.97. The van der Waals surface area contributed by atoms with Crippen LogP contribution in [-0.2, 0) is 16.0 Å². The van der Waals surface area contributed by atoms with Gasteiger partial charge in [-0.1, -0.05) is 13.3 Å². The van der Waals surface area contributed by atoms with Gasteiger partial charge in [-0.05, 0) is 49.4 Å². The molecule has 2 N–H and O–H groups in total. The van der Waals surface area contributed by atoms with Gasteiger partial charge in [0.1, 0.15) is 5.75 Å². The maximum absolute atomic E-state index is 12.4. The zero-order chi connectivity index (χ0) is 18.5. The van der Waals surface area contributed by atoms with Crippen LogP contribution in [0.5, 0.6) is 5.75 Å². The average Bonchev–Trinajstić information content (AvgIpc) is 2.60. The summed E-state index contributed by atoms with van der Waals surface area (Å²) in [7, 11) is 1.65. The Kier molecular flexibility index (Phi) is 5.81. The van der Waals surface area contributed by atoms with Crippen molar-refractivity contribution >= 4 is 17.5 Å². The van der Waals surface area contributed by atoms with Crippen LogP contribution < -0.4 is 15.4 Å². The lowest BCUT2D eigenvalue weighted by Crippen LogP contribution is -2.48. The van der Waals surface area contributed by atoms with Gasteiger partial charge in [-0.3, -0.25) is 9.59 Å². The second kappa shape index (κ2) is 8.25. The van der Waals surface area contributed by atoms with Crippen LogP contribution >= 0.6 is 0 Å². The summed E-state index contributed by atoms with van der Waals surface area (Å²) in [6.45, 7) is 2.69. The molecule has 0 saturated heterocycles. The van der Waals surface area contributed by atoms with E-state index in [1.54, 1.807) is 13.2 Å². The SMILES string of the molecule is CCCc1cc(OC)ccc1C1=CC(=O)NCN1CC(=O)NC1CCC1. The lowest BCUT2D eigenvalue weighted by Gasteiger charge is -2.33. The molecule has 0 aromatic heterocycles. The molecule has 1 saturated carbocycles. The van der Waals surface area contributed by atoms with E-state index in [-0.39, 0.29) is 18.4 Å². The minimum atomic E-state index is -0.131. The Labute approximate surface area is 154 Å². The zero-order valence-electron chi connectivity index (χ0n) is 15.5. The van der Waals surface area contributed by atoms with Crippen molar-refractivity contribution in [1.29, 1.82) is 0 Å². The minimum absolute atomic E-state index is 0.00213. The Morgan fingerprint density at radius 3 is 2.85 bits per heavy atom. The first-order valence-corrected chi connectivity index (χ1v) is 9.32. The van der Waals surface area contributed by atoms with E-state index >= 15 is 0 Å². The van der Waals surface area contributed by atoms with Gasteiger partial charge >= 0.3 is 0 Å². The highest BCUT2D eigenvalue weighted by atomic mass is 16.5. The predicted molar refractivity (Wildman–Crippen MR) is 100 cm³/mol. The van der Waals surface area contributed by atoms with Crippen LogP contribution in [0.1, 0.15) is 43.7 Å². The molecule has 6 nitrogen and oxygen atoms in total. The molecule has 0 atom stereocenters. The number of amides is 2. The number of aryl methyl sites for hydroxylation is 1. The van der Waals surface area contributed by atoms with Crippen molar-refractivity contribution in [1.82, 2.24) is 15.5 Å². The molecule has 2 amide bonds. The number of hydrogen-bond acceptors (Lipinski definition) is 4. The number of carbonyl (C=O) groups excluding carboxylic acids is 2. The van der Waals surface area contributed by atoms with Crippen LogP contribution in [0.15, 0.2) is 24.3 Å². The number of hydrogen-bond donors (Lipinski definition) is 2. The standard InChI is InChI=1S/C20H27N3O3/c1-3-5-14-10-16(26-2)8-9-17(14)18-11-19(24)21-13-23(18)12-20(25)22-15-6-4-7-15/h8-11,15H,3-7,12-13H2,1-2H3,(H,21,24)(H,22,25). The molecule has 0 spiro atoms. The molecule has 3 rings (SSSR count). The Balaban J connectivity index is 1.84. The van der Waals surface area contributed by atoms with Gasteiger partial charge < -0.3 is 20.3 Å². The summed E-state index contributed by atoms with van der Waals surface area (Å²) in [4.78, 5) is 26.3. The summed E-state index contributed by atoms with van der Waals surface area (Å²) in [5, 5.41) is 5.86. The number of nitrogens with zero attached hydrogens (tertiary/aromatic N) is 1. The van der Waals surface area contributed by atoms with E-state index in [4.69, 9.17) is 4.74 Å². The molecule has 1 fully saturated rings. The molecule has 140 valence electrons. The van der Waals surface area contributed by atoms with E-state index in [0.717, 1.165) is 48.3 Å². The normalized spacial score (nSPS) is 17.2. The Hall–Kier alpha value is -2.50. The number of carbonyl (C=O) groups is 2. The smallest absolute Gasteiger partial charge is 0.247 e. The third-order valence-electron chi connectivity index (χ3n) is 4.97. The van der Waals surface area contributed by atoms with Crippen molar-refractivity contribution in [3.63, 3.8) is 0 Å². The number of rotatable bonds is 7. The molecule has 26 heavy (non-hydrogen) atoms. The summed E-state index contributed by atoms with van der Waals surface area (Å²) in [6, 6.07) is 6.20. The van der Waals surface area contributed by atoms with Crippen molar-refractivity contribution in [2.75, 3.05) is 20.3 Å². The van der Waals surface area contributed by atoms with Crippen molar-refractivity contribution < 1.29 is 14.3 Å². The van der Waals surface area contributed by atoms with Gasteiger partial charge in [-0.15, -0.1) is 0 Å². The van der Waals surface area contributed by atoms with Gasteiger partial charge in [0.05, 0.1) is 26.0 Å². The van der Waals surface area contributed by atoms with E-state index in [2.05, 4.69) is 17.6 Å². The minimum Gasteiger partial charge on any atom is -0.497 e. The predicted octanol–water partition coefficient (Wildman–Crippen LogP) is 2.05. The highest BCUT2D eigenvalue weighted by Crippen LogP contribution is 2.28. The van der Waals surface area contributed by atoms with Crippen LogP contribution in [0.2, 0.25) is 0 Å². The van der Waals surface area contributed by atoms with Gasteiger partial charge in [-0.2, -0.15) is 0 Å². The summed E-state index contributed by atoms with van der Waals surface area (Å²) < 4.78 is 5.34. The molecule has 0 radical (unpaired) electrons. The van der Waals surface area contributed by atoms with Gasteiger partial charge in [0.25, 0.3) is 0 Å². The van der Waals surface area contributed by atoms with Crippen molar-refractivity contribution in [3.05, 3.63) is 35.4 Å². The molecular formula is C20H27N3O3. The zero-order valence-corrected chi connectivity index (χ0v) is 15.5. The third kappa shape index (κ3) is 4.18.